The highest BCUT2D eigenvalue weighted by Crippen LogP contribution is 2.27. The Balaban J connectivity index is 1.35. The van der Waals surface area contributed by atoms with Crippen molar-refractivity contribution in [1.29, 1.82) is 0 Å². The van der Waals surface area contributed by atoms with Crippen molar-refractivity contribution in [3.05, 3.63) is 66.0 Å². The second kappa shape index (κ2) is 8.01. The third-order valence-corrected chi connectivity index (χ3v) is 5.69. The zero-order valence-corrected chi connectivity index (χ0v) is 17.5. The van der Waals surface area contributed by atoms with E-state index in [2.05, 4.69) is 37.0 Å². The molecule has 0 atom stereocenters. The summed E-state index contributed by atoms with van der Waals surface area (Å²) in [5.74, 6) is 0. The van der Waals surface area contributed by atoms with Crippen LogP contribution in [0.4, 0.5) is 5.69 Å². The van der Waals surface area contributed by atoms with Crippen molar-refractivity contribution in [3.8, 4) is 11.1 Å². The van der Waals surface area contributed by atoms with Crippen LogP contribution < -0.4 is 4.90 Å². The topological polar surface area (TPSA) is 63.0 Å². The molecule has 0 aromatic carbocycles. The number of piperazine rings is 1. The molecule has 5 heterocycles. The van der Waals surface area contributed by atoms with Gasteiger partial charge in [0, 0.05) is 69.5 Å². The molecular formula is C22H22ClN7. The number of anilines is 1. The molecule has 30 heavy (non-hydrogen) atoms. The average molecular weight is 420 g/mol. The Bertz CT molecular complexity index is 1170. The molecule has 0 spiro atoms. The zero-order chi connectivity index (χ0) is 20.5. The van der Waals surface area contributed by atoms with Crippen LogP contribution in [0.3, 0.4) is 0 Å². The molecule has 1 fully saturated rings. The van der Waals surface area contributed by atoms with E-state index in [0.717, 1.165) is 60.6 Å². The molecule has 5 rings (SSSR count). The van der Waals surface area contributed by atoms with Crippen LogP contribution in [0.5, 0.6) is 0 Å². The van der Waals surface area contributed by atoms with Crippen LogP contribution in [0.15, 0.2) is 55.1 Å². The van der Waals surface area contributed by atoms with Gasteiger partial charge >= 0.3 is 0 Å². The SMILES string of the molecule is Cn1cc(-c2cnc3ccc(Cl)nc3c2)c(CN2CCN(c3cccnc3)CC2)n1. The smallest absolute Gasteiger partial charge is 0.129 e. The van der Waals surface area contributed by atoms with Crippen molar-refractivity contribution in [2.45, 2.75) is 6.54 Å². The van der Waals surface area contributed by atoms with Crippen molar-refractivity contribution in [3.63, 3.8) is 0 Å². The van der Waals surface area contributed by atoms with Crippen molar-refractivity contribution >= 4 is 28.3 Å². The fourth-order valence-corrected chi connectivity index (χ4v) is 4.09. The van der Waals surface area contributed by atoms with Crippen molar-refractivity contribution in [2.75, 3.05) is 31.1 Å². The first-order valence-electron chi connectivity index (χ1n) is 9.98. The predicted octanol–water partition coefficient (Wildman–Crippen LogP) is 3.40. The second-order valence-electron chi connectivity index (χ2n) is 7.53. The number of rotatable bonds is 4. The Kier molecular flexibility index (Phi) is 5.06. The maximum atomic E-state index is 6.07. The van der Waals surface area contributed by atoms with Gasteiger partial charge in [0.25, 0.3) is 0 Å². The Hall–Kier alpha value is -3.03. The summed E-state index contributed by atoms with van der Waals surface area (Å²) in [5.41, 5.74) is 5.96. The van der Waals surface area contributed by atoms with E-state index < -0.39 is 0 Å². The fourth-order valence-electron chi connectivity index (χ4n) is 3.94. The van der Waals surface area contributed by atoms with E-state index in [9.17, 15) is 0 Å². The first kappa shape index (κ1) is 19.0. The number of pyridine rings is 3. The maximum absolute atomic E-state index is 6.07. The van der Waals surface area contributed by atoms with Crippen LogP contribution in [-0.4, -0.2) is 55.8 Å². The maximum Gasteiger partial charge on any atom is 0.129 e. The summed E-state index contributed by atoms with van der Waals surface area (Å²) in [6, 6.07) is 9.79. The Labute approximate surface area is 180 Å². The number of hydrogen-bond acceptors (Lipinski definition) is 6. The summed E-state index contributed by atoms with van der Waals surface area (Å²) < 4.78 is 1.87. The van der Waals surface area contributed by atoms with E-state index >= 15 is 0 Å². The molecule has 0 saturated carbocycles. The largest absolute Gasteiger partial charge is 0.368 e. The molecule has 0 unspecified atom stereocenters. The molecular weight excluding hydrogens is 398 g/mol. The van der Waals surface area contributed by atoms with Gasteiger partial charge in [-0.25, -0.2) is 4.98 Å². The first-order valence-corrected chi connectivity index (χ1v) is 10.4. The summed E-state index contributed by atoms with van der Waals surface area (Å²) in [4.78, 5) is 18.0. The van der Waals surface area contributed by atoms with Gasteiger partial charge in [-0.05, 0) is 30.3 Å². The van der Waals surface area contributed by atoms with E-state index in [0.29, 0.717) is 5.15 Å². The Morgan fingerprint density at radius 2 is 1.90 bits per heavy atom. The fraction of sp³-hybridized carbons (Fsp3) is 0.273. The normalized spacial score (nSPS) is 15.1. The van der Waals surface area contributed by atoms with E-state index in [4.69, 9.17) is 16.7 Å². The van der Waals surface area contributed by atoms with E-state index in [1.54, 1.807) is 6.07 Å². The van der Waals surface area contributed by atoms with Gasteiger partial charge in [-0.3, -0.25) is 19.5 Å². The number of halogens is 1. The van der Waals surface area contributed by atoms with Crippen LogP contribution >= 0.6 is 11.6 Å². The molecule has 4 aromatic rings. The lowest BCUT2D eigenvalue weighted by molar-refractivity contribution is 0.247. The molecule has 0 radical (unpaired) electrons. The number of nitrogens with zero attached hydrogens (tertiary/aromatic N) is 7. The van der Waals surface area contributed by atoms with Crippen LogP contribution in [0, 0.1) is 0 Å². The molecule has 152 valence electrons. The summed E-state index contributed by atoms with van der Waals surface area (Å²) in [6.45, 7) is 4.73. The van der Waals surface area contributed by atoms with E-state index in [1.165, 1.54) is 5.69 Å². The summed E-state index contributed by atoms with van der Waals surface area (Å²) >= 11 is 6.07. The third-order valence-electron chi connectivity index (χ3n) is 5.48. The lowest BCUT2D eigenvalue weighted by atomic mass is 10.1. The highest BCUT2D eigenvalue weighted by atomic mass is 35.5. The first-order chi connectivity index (χ1) is 14.7. The van der Waals surface area contributed by atoms with Gasteiger partial charge in [-0.1, -0.05) is 11.6 Å². The van der Waals surface area contributed by atoms with Gasteiger partial charge in [0.15, 0.2) is 0 Å². The Morgan fingerprint density at radius 1 is 1.03 bits per heavy atom. The van der Waals surface area contributed by atoms with Gasteiger partial charge in [0.05, 0.1) is 28.6 Å². The molecule has 1 aliphatic heterocycles. The monoisotopic (exact) mass is 419 g/mol. The minimum Gasteiger partial charge on any atom is -0.368 e. The van der Waals surface area contributed by atoms with Crippen LogP contribution in [-0.2, 0) is 13.6 Å². The van der Waals surface area contributed by atoms with Gasteiger partial charge < -0.3 is 4.90 Å². The summed E-state index contributed by atoms with van der Waals surface area (Å²) in [6.07, 6.45) is 7.68. The van der Waals surface area contributed by atoms with Crippen LogP contribution in [0.25, 0.3) is 22.2 Å². The number of fused-ring (bicyclic) bond motifs is 1. The van der Waals surface area contributed by atoms with Crippen molar-refractivity contribution < 1.29 is 0 Å². The highest BCUT2D eigenvalue weighted by Gasteiger charge is 2.20. The van der Waals surface area contributed by atoms with Crippen molar-refractivity contribution in [2.24, 2.45) is 7.05 Å². The van der Waals surface area contributed by atoms with Crippen molar-refractivity contribution in [1.82, 2.24) is 29.6 Å². The number of aromatic nitrogens is 5. The third kappa shape index (κ3) is 3.86. The number of hydrogen-bond donors (Lipinski definition) is 0. The molecule has 0 aliphatic carbocycles. The molecule has 0 bridgehead atoms. The quantitative estimate of drug-likeness (QED) is 0.472. The van der Waals surface area contributed by atoms with Gasteiger partial charge in [-0.2, -0.15) is 5.10 Å². The lowest BCUT2D eigenvalue weighted by Crippen LogP contribution is -2.46. The van der Waals surface area contributed by atoms with E-state index in [-0.39, 0.29) is 0 Å². The summed E-state index contributed by atoms with van der Waals surface area (Å²) in [5, 5.41) is 5.20. The lowest BCUT2D eigenvalue weighted by Gasteiger charge is -2.35. The molecule has 4 aromatic heterocycles. The van der Waals surface area contributed by atoms with Crippen LogP contribution in [0.2, 0.25) is 5.15 Å². The molecule has 1 saturated heterocycles. The minimum absolute atomic E-state index is 0.472. The molecule has 0 N–H and O–H groups in total. The molecule has 1 aliphatic rings. The molecule has 8 heteroatoms. The van der Waals surface area contributed by atoms with Crippen LogP contribution in [0.1, 0.15) is 5.69 Å². The zero-order valence-electron chi connectivity index (χ0n) is 16.7. The predicted molar refractivity (Wildman–Crippen MR) is 118 cm³/mol. The average Bonchev–Trinajstić information content (AvgIpc) is 3.14. The highest BCUT2D eigenvalue weighted by molar-refractivity contribution is 6.29. The summed E-state index contributed by atoms with van der Waals surface area (Å²) in [7, 11) is 1.96. The van der Waals surface area contributed by atoms with Gasteiger partial charge in [0.1, 0.15) is 5.15 Å². The number of aryl methyl sites for hydroxylation is 1. The molecule has 0 amide bonds. The standard InChI is InChI=1S/C22H22ClN7/c1-28-14-18(16-11-20-19(25-12-16)4-5-22(23)26-20)21(27-28)15-29-7-9-30(10-8-29)17-3-2-6-24-13-17/h2-6,11-14H,7-10,15H2,1H3. The Morgan fingerprint density at radius 3 is 2.70 bits per heavy atom. The van der Waals surface area contributed by atoms with Gasteiger partial charge in [-0.15, -0.1) is 0 Å². The van der Waals surface area contributed by atoms with E-state index in [1.807, 2.05) is 48.5 Å². The van der Waals surface area contributed by atoms with Gasteiger partial charge in [0.2, 0.25) is 0 Å². The minimum atomic E-state index is 0.472. The molecule has 7 nitrogen and oxygen atoms in total. The second-order valence-corrected chi connectivity index (χ2v) is 7.92.